The highest BCUT2D eigenvalue weighted by molar-refractivity contribution is 7.19. The van der Waals surface area contributed by atoms with E-state index in [1.165, 1.54) is 15.0 Å². The van der Waals surface area contributed by atoms with Crippen molar-refractivity contribution < 1.29 is 0 Å². The molecule has 1 aromatic carbocycles. The van der Waals surface area contributed by atoms with Crippen LogP contribution in [0.1, 0.15) is 11.8 Å². The molecule has 3 heteroatoms. The Morgan fingerprint density at radius 3 is 2.93 bits per heavy atom. The van der Waals surface area contributed by atoms with E-state index in [4.69, 9.17) is 5.73 Å². The molecule has 2 aromatic rings. The lowest BCUT2D eigenvalue weighted by atomic mass is 10.2. The first-order valence-electron chi connectivity index (χ1n) is 5.20. The fraction of sp³-hybridized carbons (Fsp3) is 0.333. The van der Waals surface area contributed by atoms with Gasteiger partial charge in [-0.3, -0.25) is 0 Å². The summed E-state index contributed by atoms with van der Waals surface area (Å²) >= 11 is 1.85. The Morgan fingerprint density at radius 2 is 2.20 bits per heavy atom. The van der Waals surface area contributed by atoms with Crippen LogP contribution in [-0.2, 0) is 6.54 Å². The zero-order chi connectivity index (χ0) is 10.7. The number of nitrogens with one attached hydrogen (secondary N) is 1. The van der Waals surface area contributed by atoms with E-state index in [-0.39, 0.29) is 0 Å². The van der Waals surface area contributed by atoms with Gasteiger partial charge in [-0.05, 0) is 24.4 Å². The third-order valence-electron chi connectivity index (χ3n) is 2.45. The number of benzene rings is 1. The molecule has 0 saturated carbocycles. The molecule has 1 heterocycles. The molecule has 1 aromatic heterocycles. The Bertz CT molecular complexity index is 403. The third-order valence-corrected chi connectivity index (χ3v) is 3.57. The molecule has 3 N–H and O–H groups in total. The highest BCUT2D eigenvalue weighted by Gasteiger charge is 2.02. The first-order chi connectivity index (χ1) is 7.29. The van der Waals surface area contributed by atoms with Crippen molar-refractivity contribution in [2.45, 2.75) is 19.5 Å². The monoisotopic (exact) mass is 220 g/mol. The molecule has 2 nitrogen and oxygen atoms in total. The predicted molar refractivity (Wildman–Crippen MR) is 67.2 cm³/mol. The maximum Gasteiger partial charge on any atom is 0.0346 e. The summed E-state index contributed by atoms with van der Waals surface area (Å²) in [6.07, 6.45) is 0. The minimum atomic E-state index is 0.384. The lowest BCUT2D eigenvalue weighted by Gasteiger charge is -2.08. The summed E-state index contributed by atoms with van der Waals surface area (Å²) in [5, 5.41) is 4.73. The van der Waals surface area contributed by atoms with Crippen LogP contribution in [0.15, 0.2) is 30.3 Å². The molecule has 0 fully saturated rings. The van der Waals surface area contributed by atoms with Crippen molar-refractivity contribution in [1.82, 2.24) is 5.32 Å². The van der Waals surface area contributed by atoms with Crippen molar-refractivity contribution in [3.05, 3.63) is 35.2 Å². The van der Waals surface area contributed by atoms with E-state index in [9.17, 15) is 0 Å². The second kappa shape index (κ2) is 4.75. The number of hydrogen-bond acceptors (Lipinski definition) is 3. The van der Waals surface area contributed by atoms with Crippen LogP contribution < -0.4 is 11.1 Å². The minimum absolute atomic E-state index is 0.384. The first kappa shape index (κ1) is 10.6. The van der Waals surface area contributed by atoms with Crippen molar-refractivity contribution in [2.24, 2.45) is 5.73 Å². The fourth-order valence-electron chi connectivity index (χ4n) is 1.48. The lowest BCUT2D eigenvalue weighted by Crippen LogP contribution is -2.32. The molecule has 0 aliphatic heterocycles. The van der Waals surface area contributed by atoms with Gasteiger partial charge in [0.2, 0.25) is 0 Å². The van der Waals surface area contributed by atoms with E-state index < -0.39 is 0 Å². The van der Waals surface area contributed by atoms with Crippen LogP contribution in [0, 0.1) is 0 Å². The molecule has 0 spiro atoms. The van der Waals surface area contributed by atoms with Crippen LogP contribution >= 0.6 is 11.3 Å². The molecule has 80 valence electrons. The molecular weight excluding hydrogens is 204 g/mol. The average Bonchev–Trinajstić information content (AvgIpc) is 2.68. The summed E-state index contributed by atoms with van der Waals surface area (Å²) in [5.41, 5.74) is 5.55. The van der Waals surface area contributed by atoms with E-state index in [0.717, 1.165) is 6.54 Å². The van der Waals surface area contributed by atoms with E-state index in [1.807, 2.05) is 11.3 Å². The van der Waals surface area contributed by atoms with Crippen LogP contribution in [0.2, 0.25) is 0 Å². The van der Waals surface area contributed by atoms with Crippen molar-refractivity contribution in [3.63, 3.8) is 0 Å². The quantitative estimate of drug-likeness (QED) is 0.830. The van der Waals surface area contributed by atoms with E-state index in [2.05, 4.69) is 42.6 Å². The standard InChI is InChI=1S/C12H16N2S/c1-9(7-13)14-8-11-6-10-4-2-3-5-12(10)15-11/h2-6,9,14H,7-8,13H2,1H3/t9-/m1/s1. The fourth-order valence-corrected chi connectivity index (χ4v) is 2.50. The maximum absolute atomic E-state index is 5.55. The van der Waals surface area contributed by atoms with E-state index in [1.54, 1.807) is 0 Å². The molecule has 0 radical (unpaired) electrons. The molecule has 15 heavy (non-hydrogen) atoms. The predicted octanol–water partition coefficient (Wildman–Crippen LogP) is 2.34. The largest absolute Gasteiger partial charge is 0.329 e. The van der Waals surface area contributed by atoms with Crippen molar-refractivity contribution >= 4 is 21.4 Å². The Labute approximate surface area is 94.1 Å². The zero-order valence-electron chi connectivity index (χ0n) is 8.86. The Kier molecular flexibility index (Phi) is 3.36. The van der Waals surface area contributed by atoms with Crippen LogP contribution in [0.25, 0.3) is 10.1 Å². The summed E-state index contributed by atoms with van der Waals surface area (Å²) in [7, 11) is 0. The highest BCUT2D eigenvalue weighted by atomic mass is 32.1. The molecule has 0 bridgehead atoms. The average molecular weight is 220 g/mol. The number of fused-ring (bicyclic) bond motifs is 1. The summed E-state index contributed by atoms with van der Waals surface area (Å²) in [6, 6.07) is 11.1. The van der Waals surface area contributed by atoms with Gasteiger partial charge in [-0.25, -0.2) is 0 Å². The summed E-state index contributed by atoms with van der Waals surface area (Å²) in [6.45, 7) is 3.70. The van der Waals surface area contributed by atoms with Gasteiger partial charge >= 0.3 is 0 Å². The van der Waals surface area contributed by atoms with Crippen LogP contribution in [0.5, 0.6) is 0 Å². The summed E-state index contributed by atoms with van der Waals surface area (Å²) in [5.74, 6) is 0. The molecule has 0 unspecified atom stereocenters. The SMILES string of the molecule is C[C@H](CN)NCc1cc2ccccc2s1. The molecule has 1 atom stereocenters. The molecule has 0 saturated heterocycles. The van der Waals surface area contributed by atoms with Crippen LogP contribution in [0.4, 0.5) is 0 Å². The molecule has 0 amide bonds. The normalized spacial score (nSPS) is 13.2. The molecular formula is C12H16N2S. The third kappa shape index (κ3) is 2.56. The second-order valence-electron chi connectivity index (χ2n) is 3.77. The van der Waals surface area contributed by atoms with Gasteiger partial charge in [0.05, 0.1) is 0 Å². The molecule has 0 aliphatic rings. The van der Waals surface area contributed by atoms with Crippen molar-refractivity contribution in [3.8, 4) is 0 Å². The number of hydrogen-bond donors (Lipinski definition) is 2. The molecule has 2 rings (SSSR count). The topological polar surface area (TPSA) is 38.0 Å². The van der Waals surface area contributed by atoms with Gasteiger partial charge in [-0.1, -0.05) is 18.2 Å². The van der Waals surface area contributed by atoms with Crippen molar-refractivity contribution in [1.29, 1.82) is 0 Å². The van der Waals surface area contributed by atoms with Gasteiger partial charge in [0.15, 0.2) is 0 Å². The van der Waals surface area contributed by atoms with Crippen LogP contribution in [-0.4, -0.2) is 12.6 Å². The number of nitrogens with two attached hydrogens (primary N) is 1. The van der Waals surface area contributed by atoms with Crippen molar-refractivity contribution in [2.75, 3.05) is 6.54 Å². The highest BCUT2D eigenvalue weighted by Crippen LogP contribution is 2.24. The number of rotatable bonds is 4. The smallest absolute Gasteiger partial charge is 0.0346 e. The van der Waals surface area contributed by atoms with Gasteiger partial charge in [-0.2, -0.15) is 0 Å². The van der Waals surface area contributed by atoms with Gasteiger partial charge in [0, 0.05) is 28.7 Å². The Balaban J connectivity index is 2.09. The zero-order valence-corrected chi connectivity index (χ0v) is 9.68. The summed E-state index contributed by atoms with van der Waals surface area (Å²) < 4.78 is 1.36. The maximum atomic E-state index is 5.55. The van der Waals surface area contributed by atoms with E-state index in [0.29, 0.717) is 12.6 Å². The van der Waals surface area contributed by atoms with Gasteiger partial charge in [0.1, 0.15) is 0 Å². The number of thiophene rings is 1. The first-order valence-corrected chi connectivity index (χ1v) is 6.02. The Hall–Kier alpha value is -0.900. The van der Waals surface area contributed by atoms with Gasteiger partial charge in [0.25, 0.3) is 0 Å². The van der Waals surface area contributed by atoms with Crippen LogP contribution in [0.3, 0.4) is 0 Å². The lowest BCUT2D eigenvalue weighted by molar-refractivity contribution is 0.560. The van der Waals surface area contributed by atoms with Gasteiger partial charge in [-0.15, -0.1) is 11.3 Å². The minimum Gasteiger partial charge on any atom is -0.329 e. The second-order valence-corrected chi connectivity index (χ2v) is 4.94. The van der Waals surface area contributed by atoms with E-state index >= 15 is 0 Å². The van der Waals surface area contributed by atoms with Gasteiger partial charge < -0.3 is 11.1 Å². The molecule has 0 aliphatic carbocycles. The Morgan fingerprint density at radius 1 is 1.40 bits per heavy atom. The summed E-state index contributed by atoms with van der Waals surface area (Å²) in [4.78, 5) is 1.37.